The Balaban J connectivity index is 2.76. The summed E-state index contributed by atoms with van der Waals surface area (Å²) in [4.78, 5) is 168. The van der Waals surface area contributed by atoms with Crippen molar-refractivity contribution >= 4 is 83.5 Å². The van der Waals surface area contributed by atoms with E-state index in [-0.39, 0.29) is 95.8 Å². The van der Waals surface area contributed by atoms with Crippen molar-refractivity contribution in [3.8, 4) is 0 Å². The van der Waals surface area contributed by atoms with Gasteiger partial charge in [0.1, 0.15) is 60.4 Å². The van der Waals surface area contributed by atoms with Crippen LogP contribution in [-0.2, 0) is 64.0 Å². The molecule has 0 unspecified atom stereocenters. The second-order valence-corrected chi connectivity index (χ2v) is 23.6. The lowest BCUT2D eigenvalue weighted by Gasteiger charge is -2.29. The fourth-order valence-electron chi connectivity index (χ4n) is 9.36. The van der Waals surface area contributed by atoms with Gasteiger partial charge in [0.2, 0.25) is 70.9 Å². The first-order valence-electron chi connectivity index (χ1n) is 30.8. The molecular weight excluding hydrogens is 1190 g/mol. The lowest BCUT2D eigenvalue weighted by molar-refractivity contribution is -0.137. The molecule has 1 saturated heterocycles. The summed E-state index contributed by atoms with van der Waals surface area (Å²) in [5.74, 6) is -10.7. The maximum atomic E-state index is 14.6. The van der Waals surface area contributed by atoms with Crippen LogP contribution in [0.25, 0.3) is 0 Å². The Bertz CT molecular complexity index is 2500. The summed E-state index contributed by atoms with van der Waals surface area (Å²) in [6.45, 7) is 8.56. The zero-order chi connectivity index (χ0) is 67.6. The summed E-state index contributed by atoms with van der Waals surface area (Å²) in [7, 11) is 0. The number of hydrogen-bond acceptors (Lipinski definition) is 20. The molecule has 508 valence electrons. The van der Waals surface area contributed by atoms with Crippen molar-refractivity contribution in [2.75, 3.05) is 45.0 Å². The minimum absolute atomic E-state index is 0.00442. The summed E-state index contributed by atoms with van der Waals surface area (Å²) < 4.78 is 0. The van der Waals surface area contributed by atoms with Gasteiger partial charge in [-0.1, -0.05) is 70.9 Å². The number of rotatable bonds is 31. The van der Waals surface area contributed by atoms with Crippen molar-refractivity contribution < 1.29 is 67.7 Å². The largest absolute Gasteiger partial charge is 0.391 e. The number of carbonyl (C=O) groups excluding carboxylic acids is 12. The fourth-order valence-corrected chi connectivity index (χ4v) is 9.53. The Morgan fingerprint density at radius 3 is 1.63 bits per heavy atom. The van der Waals surface area contributed by atoms with Crippen molar-refractivity contribution in [3.63, 3.8) is 0 Å². The van der Waals surface area contributed by atoms with Gasteiger partial charge in [0, 0.05) is 31.7 Å². The number of carbonyl (C=O) groups is 12. The van der Waals surface area contributed by atoms with E-state index in [0.29, 0.717) is 17.9 Å². The zero-order valence-corrected chi connectivity index (χ0v) is 53.5. The molecule has 0 radical (unpaired) electrons. The van der Waals surface area contributed by atoms with Crippen LogP contribution in [0.4, 0.5) is 0 Å². The quantitative estimate of drug-likeness (QED) is 0.0243. The molecule has 0 spiro atoms. The maximum absolute atomic E-state index is 14.6. The molecule has 2 rings (SSSR count). The van der Waals surface area contributed by atoms with Gasteiger partial charge < -0.3 is 103 Å². The molecule has 1 aliphatic heterocycles. The SMILES string of the molecule is CC(C)CCCCC(=O)N[C@@H](CCN)C(=O)N[C@H](C(=O)N[C@@H](CCN)C(=O)N[C@H]1CCNC(=O)[C@H]([C@@H](C)O)NC(=O)[C@H](CCNC(=O)[C@@H](N)CS)NC(=O)[C@H](CCN)NC(=O)[C@H](CC(C)C)NC(=O)[C@@H](Cc2ccccc2)NC(=O)[C@H](CCN)NC1=O)[C@@H](C)O. The third-order valence-corrected chi connectivity index (χ3v) is 14.8. The van der Waals surface area contributed by atoms with Gasteiger partial charge >= 0.3 is 0 Å². The van der Waals surface area contributed by atoms with Gasteiger partial charge in [0.25, 0.3) is 0 Å². The van der Waals surface area contributed by atoms with E-state index in [2.05, 4.69) is 90.3 Å². The summed E-state index contributed by atoms with van der Waals surface area (Å²) in [6, 6.07) is -7.91. The number of aliphatic hydroxyl groups is 2. The highest BCUT2D eigenvalue weighted by Gasteiger charge is 2.38. The highest BCUT2D eigenvalue weighted by Crippen LogP contribution is 2.13. The summed E-state index contributed by atoms with van der Waals surface area (Å²) in [6.07, 6.45) is -2.62. The van der Waals surface area contributed by atoms with E-state index in [1.54, 1.807) is 44.2 Å². The van der Waals surface area contributed by atoms with Gasteiger partial charge in [-0.15, -0.1) is 0 Å². The van der Waals surface area contributed by atoms with Crippen molar-refractivity contribution in [3.05, 3.63) is 35.9 Å². The van der Waals surface area contributed by atoms with Crippen molar-refractivity contribution in [1.82, 2.24) is 63.8 Å². The molecule has 90 heavy (non-hydrogen) atoms. The Kier molecular flexibility index (Phi) is 36.9. The molecule has 1 heterocycles. The second-order valence-electron chi connectivity index (χ2n) is 23.2. The van der Waals surface area contributed by atoms with Gasteiger partial charge in [-0.2, -0.15) is 12.6 Å². The minimum Gasteiger partial charge on any atom is -0.391 e. The summed E-state index contributed by atoms with van der Waals surface area (Å²) >= 11 is 4.04. The number of hydrogen-bond donors (Lipinski definition) is 20. The first-order valence-corrected chi connectivity index (χ1v) is 31.4. The van der Waals surface area contributed by atoms with E-state index in [0.717, 1.165) is 12.8 Å². The van der Waals surface area contributed by atoms with Crippen LogP contribution in [-0.4, -0.2) is 205 Å². The molecule has 1 aromatic carbocycles. The number of benzene rings is 1. The van der Waals surface area contributed by atoms with Crippen LogP contribution >= 0.6 is 12.6 Å². The van der Waals surface area contributed by atoms with Crippen LogP contribution in [0.5, 0.6) is 0 Å². The Hall–Kier alpha value is -7.07. The van der Waals surface area contributed by atoms with Crippen molar-refractivity contribution in [1.29, 1.82) is 0 Å². The second kappa shape index (κ2) is 42.1. The fraction of sp³-hybridized carbons (Fsp3) is 0.690. The predicted molar refractivity (Wildman–Crippen MR) is 337 cm³/mol. The van der Waals surface area contributed by atoms with Crippen LogP contribution in [0.15, 0.2) is 30.3 Å². The van der Waals surface area contributed by atoms with E-state index >= 15 is 0 Å². The van der Waals surface area contributed by atoms with Crippen molar-refractivity contribution in [2.24, 2.45) is 40.5 Å². The molecule has 24 N–H and O–H groups in total. The van der Waals surface area contributed by atoms with E-state index in [1.165, 1.54) is 13.8 Å². The smallest absolute Gasteiger partial charge is 0.245 e. The number of nitrogens with two attached hydrogens (primary N) is 5. The lowest BCUT2D eigenvalue weighted by Crippen LogP contribution is -2.62. The van der Waals surface area contributed by atoms with Gasteiger partial charge in [0.15, 0.2) is 0 Å². The number of nitrogens with one attached hydrogen (secondary N) is 12. The Morgan fingerprint density at radius 2 is 1.10 bits per heavy atom. The Morgan fingerprint density at radius 1 is 0.578 bits per heavy atom. The monoisotopic (exact) mass is 1290 g/mol. The molecule has 31 nitrogen and oxygen atoms in total. The van der Waals surface area contributed by atoms with Crippen LogP contribution in [0.1, 0.15) is 118 Å². The normalized spacial score (nSPS) is 22.3. The van der Waals surface area contributed by atoms with E-state index < -0.39 is 163 Å². The molecule has 0 aliphatic carbocycles. The van der Waals surface area contributed by atoms with E-state index in [1.807, 2.05) is 0 Å². The zero-order valence-electron chi connectivity index (χ0n) is 52.6. The standard InChI is InChI=1S/C58H101N17O14S/c1-31(2)12-10-11-15-45(78)66-37(16-22-59)53(84)75-47(34(6)77)58(89)71-40(19-25-62)50(81)69-41-21-27-65-57(88)46(33(5)76)74-54(85)42(20-26-64-48(79)36(63)30-90)70-49(80)38(17-23-60)68-55(86)43(28-32(3)4)72-56(87)44(29-35-13-8-7-9-14-35)73-51(82)39(18-24-61)67-52(41)83/h7-9,13-14,31-34,36-44,46-47,76-77,90H,10-12,15-30,59-63H2,1-6H3,(H,64,79)(H,65,88)(H,66,78)(H,67,83)(H,68,86)(H,69,81)(H,70,80)(H,71,89)(H,72,87)(H,73,82)(H,74,85)(H,75,84)/t33-,34-,36+,37+,38+,39+,40+,41+,42+,43+,44-,46+,47+/m1/s1. The average Bonchev–Trinajstić information content (AvgIpc) is 1.32. The first kappa shape index (κ1) is 79.0. The molecular formula is C58H101N17O14S. The molecule has 32 heteroatoms. The number of amides is 12. The van der Waals surface area contributed by atoms with Gasteiger partial charge in [-0.25, -0.2) is 0 Å². The van der Waals surface area contributed by atoms with Gasteiger partial charge in [-0.3, -0.25) is 57.5 Å². The highest BCUT2D eigenvalue weighted by atomic mass is 32.1. The molecule has 1 aliphatic rings. The third kappa shape index (κ3) is 28.8. The number of aliphatic hydroxyl groups excluding tert-OH is 2. The topological polar surface area (TPSA) is 520 Å². The van der Waals surface area contributed by atoms with E-state index in [9.17, 15) is 67.7 Å². The molecule has 1 fully saturated rings. The van der Waals surface area contributed by atoms with Gasteiger partial charge in [0.05, 0.1) is 18.2 Å². The van der Waals surface area contributed by atoms with Gasteiger partial charge in [-0.05, 0) is 109 Å². The summed E-state index contributed by atoms with van der Waals surface area (Å²) in [5.41, 5.74) is 30.0. The van der Waals surface area contributed by atoms with E-state index in [4.69, 9.17) is 28.7 Å². The Labute approximate surface area is 531 Å². The van der Waals surface area contributed by atoms with Crippen LogP contribution in [0.2, 0.25) is 0 Å². The average molecular weight is 1290 g/mol. The first-order chi connectivity index (χ1) is 42.6. The maximum Gasteiger partial charge on any atom is 0.245 e. The molecule has 0 aromatic heterocycles. The lowest BCUT2D eigenvalue weighted by atomic mass is 10.00. The van der Waals surface area contributed by atoms with Crippen LogP contribution < -0.4 is 92.5 Å². The highest BCUT2D eigenvalue weighted by molar-refractivity contribution is 7.80. The predicted octanol–water partition coefficient (Wildman–Crippen LogP) is -6.22. The number of unbranched alkanes of at least 4 members (excludes halogenated alkanes) is 1. The minimum atomic E-state index is -1.78. The van der Waals surface area contributed by atoms with Crippen molar-refractivity contribution in [2.45, 2.75) is 197 Å². The van der Waals surface area contributed by atoms with Crippen LogP contribution in [0, 0.1) is 11.8 Å². The molecule has 12 amide bonds. The number of thiol groups is 1. The molecule has 13 atom stereocenters. The molecule has 0 saturated carbocycles. The molecule has 0 bridgehead atoms. The van der Waals surface area contributed by atoms with Crippen LogP contribution in [0.3, 0.4) is 0 Å². The molecule has 1 aromatic rings. The summed E-state index contributed by atoms with van der Waals surface area (Å²) in [5, 5.41) is 52.3. The third-order valence-electron chi connectivity index (χ3n) is 14.5.